The van der Waals surface area contributed by atoms with Crippen molar-refractivity contribution in [3.8, 4) is 0 Å². The molecule has 0 spiro atoms. The maximum atomic E-state index is 12.7. The monoisotopic (exact) mass is 414 g/mol. The zero-order valence-corrected chi connectivity index (χ0v) is 16.3. The van der Waals surface area contributed by atoms with Gasteiger partial charge in [-0.25, -0.2) is 0 Å². The van der Waals surface area contributed by atoms with Crippen LogP contribution < -0.4 is 0 Å². The van der Waals surface area contributed by atoms with Gasteiger partial charge in [0, 0.05) is 18.1 Å². The zero-order valence-electron chi connectivity index (χ0n) is 15.5. The summed E-state index contributed by atoms with van der Waals surface area (Å²) in [5, 5.41) is 24.0. The van der Waals surface area contributed by atoms with E-state index < -0.39 is 15.5 Å². The Bertz CT molecular complexity index is 958. The molecule has 0 saturated heterocycles. The highest BCUT2D eigenvalue weighted by molar-refractivity contribution is 7.97. The maximum Gasteiger partial charge on any atom is 0.291 e. The van der Waals surface area contributed by atoms with E-state index in [4.69, 9.17) is 0 Å². The number of nitro groups is 2. The van der Waals surface area contributed by atoms with Crippen LogP contribution in [0.2, 0.25) is 0 Å². The fraction of sp³-hybridized carbons (Fsp3) is 0.211. The third-order valence-electron chi connectivity index (χ3n) is 4.56. The first kappa shape index (κ1) is 20.5. The molecule has 29 heavy (non-hydrogen) atoms. The highest BCUT2D eigenvalue weighted by Crippen LogP contribution is 2.39. The fourth-order valence-electron chi connectivity index (χ4n) is 3.03. The van der Waals surface area contributed by atoms with Crippen LogP contribution in [0.5, 0.6) is 0 Å². The van der Waals surface area contributed by atoms with Gasteiger partial charge in [0.15, 0.2) is 0 Å². The Morgan fingerprint density at radius 2 is 1.93 bits per heavy atom. The molecule has 0 saturated carbocycles. The van der Waals surface area contributed by atoms with Gasteiger partial charge in [0.25, 0.3) is 17.3 Å². The molecule has 0 radical (unpaired) electrons. The van der Waals surface area contributed by atoms with E-state index in [-0.39, 0.29) is 34.5 Å². The fourth-order valence-corrected chi connectivity index (χ4v) is 4.12. The summed E-state index contributed by atoms with van der Waals surface area (Å²) in [6.07, 6.45) is 12.5. The molecular formula is C19H18N4O5S. The minimum absolute atomic E-state index is 0.0235. The van der Waals surface area contributed by atoms with E-state index in [2.05, 4.69) is 6.58 Å². The van der Waals surface area contributed by atoms with E-state index in [1.165, 1.54) is 23.2 Å². The molecule has 3 atom stereocenters. The highest BCUT2D eigenvalue weighted by atomic mass is 32.2. The third kappa shape index (κ3) is 4.13. The first-order valence-corrected chi connectivity index (χ1v) is 9.49. The zero-order chi connectivity index (χ0) is 21.1. The molecule has 2 aliphatic rings. The summed E-state index contributed by atoms with van der Waals surface area (Å²) < 4.78 is 1.62. The number of carbonyl (C=O) groups excluding carboxylic acids is 1. The Morgan fingerprint density at radius 1 is 1.21 bits per heavy atom. The minimum Gasteiger partial charge on any atom is -0.268 e. The quantitative estimate of drug-likeness (QED) is 0.289. The average molecular weight is 414 g/mol. The van der Waals surface area contributed by atoms with Crippen LogP contribution in [0.4, 0.5) is 11.4 Å². The van der Waals surface area contributed by atoms with Crippen LogP contribution in [0.3, 0.4) is 0 Å². The molecule has 1 aliphatic heterocycles. The van der Waals surface area contributed by atoms with Crippen molar-refractivity contribution in [3.63, 3.8) is 0 Å². The average Bonchev–Trinajstić information content (AvgIpc) is 2.71. The summed E-state index contributed by atoms with van der Waals surface area (Å²) in [6.45, 7) is 5.58. The minimum atomic E-state index is -0.686. The Hall–Kier alpha value is -3.24. The van der Waals surface area contributed by atoms with Gasteiger partial charge in [0.05, 0.1) is 28.0 Å². The molecule has 1 heterocycles. The van der Waals surface area contributed by atoms with E-state index in [1.807, 2.05) is 30.4 Å². The van der Waals surface area contributed by atoms with Gasteiger partial charge in [-0.15, -0.1) is 11.0 Å². The van der Waals surface area contributed by atoms with Crippen LogP contribution in [0.1, 0.15) is 6.92 Å². The van der Waals surface area contributed by atoms with Crippen LogP contribution >= 0.6 is 11.9 Å². The van der Waals surface area contributed by atoms with Crippen LogP contribution in [0.15, 0.2) is 72.2 Å². The number of non-ortho nitro benzene ring substituents is 1. The molecule has 3 unspecified atom stereocenters. The lowest BCUT2D eigenvalue weighted by Crippen LogP contribution is -2.54. The number of nitrogens with zero attached hydrogens (tertiary/aromatic N) is 4. The molecular weight excluding hydrogens is 396 g/mol. The molecule has 10 heteroatoms. The predicted octanol–water partition coefficient (Wildman–Crippen LogP) is 3.81. The van der Waals surface area contributed by atoms with Gasteiger partial charge in [0.2, 0.25) is 0 Å². The van der Waals surface area contributed by atoms with Crippen LogP contribution in [0.25, 0.3) is 0 Å². The molecule has 1 aromatic rings. The Kier molecular flexibility index (Phi) is 5.95. The third-order valence-corrected chi connectivity index (χ3v) is 5.80. The van der Waals surface area contributed by atoms with Gasteiger partial charge in [-0.05, 0) is 24.9 Å². The lowest BCUT2D eigenvalue weighted by atomic mass is 9.91. The topological polar surface area (TPSA) is 110 Å². The molecule has 1 aromatic carbocycles. The number of nitro benzene ring substituents is 2. The summed E-state index contributed by atoms with van der Waals surface area (Å²) in [6, 6.07) is 2.80. The lowest BCUT2D eigenvalue weighted by Gasteiger charge is -2.44. The number of carbonyl (C=O) groups is 1. The second kappa shape index (κ2) is 8.41. The number of hydrogen-bond donors (Lipinski definition) is 0. The van der Waals surface area contributed by atoms with Crippen molar-refractivity contribution < 1.29 is 14.6 Å². The molecule has 1 amide bonds. The molecule has 3 rings (SSSR count). The van der Waals surface area contributed by atoms with Crippen LogP contribution in [-0.4, -0.2) is 37.3 Å². The van der Waals surface area contributed by atoms with Gasteiger partial charge in [-0.3, -0.25) is 30.0 Å². The molecule has 0 fully saturated rings. The van der Waals surface area contributed by atoms with Crippen molar-refractivity contribution in [2.75, 3.05) is 0 Å². The van der Waals surface area contributed by atoms with E-state index in [1.54, 1.807) is 17.4 Å². The summed E-state index contributed by atoms with van der Waals surface area (Å²) in [5.41, 5.74) is -0.775. The van der Waals surface area contributed by atoms with Gasteiger partial charge in [-0.2, -0.15) is 0 Å². The largest absolute Gasteiger partial charge is 0.291 e. The van der Waals surface area contributed by atoms with Crippen molar-refractivity contribution >= 4 is 29.2 Å². The van der Waals surface area contributed by atoms with Gasteiger partial charge >= 0.3 is 0 Å². The highest BCUT2D eigenvalue weighted by Gasteiger charge is 2.37. The van der Waals surface area contributed by atoms with E-state index in [0.717, 1.165) is 18.0 Å². The van der Waals surface area contributed by atoms with Gasteiger partial charge in [0.1, 0.15) is 4.90 Å². The van der Waals surface area contributed by atoms with E-state index >= 15 is 0 Å². The first-order chi connectivity index (χ1) is 13.8. The molecule has 0 N–H and O–H groups in total. The molecule has 1 aliphatic carbocycles. The Balaban J connectivity index is 2.02. The van der Waals surface area contributed by atoms with Crippen LogP contribution in [-0.2, 0) is 4.79 Å². The van der Waals surface area contributed by atoms with Crippen LogP contribution in [0, 0.1) is 26.1 Å². The van der Waals surface area contributed by atoms with E-state index in [9.17, 15) is 25.0 Å². The predicted molar refractivity (Wildman–Crippen MR) is 109 cm³/mol. The molecule has 9 nitrogen and oxygen atoms in total. The second-order valence-corrected chi connectivity index (χ2v) is 7.41. The number of hydrogen-bond acceptors (Lipinski definition) is 7. The standard InChI is InChI=1S/C19H18N4O5S/c1-3-13(2)21(20-16-7-5-4-6-14(16)8-11-19(20)24)29-18-10-9-15(22(25)26)12-17(18)23(27)28/h3-14,16H,1H2,2H3. The normalized spacial score (nSPS) is 21.2. The van der Waals surface area contributed by atoms with E-state index in [0.29, 0.717) is 0 Å². The number of hydrazine groups is 1. The SMILES string of the molecule is C=CC(C)N(Sc1ccc([N+](=O)[O-])cc1[N+](=O)[O-])N1C(=O)C=CC2C=CC=CC21. The summed E-state index contributed by atoms with van der Waals surface area (Å²) in [7, 11) is 0. The Labute approximate surface area is 171 Å². The molecule has 150 valence electrons. The number of rotatable bonds is 7. The van der Waals surface area contributed by atoms with Gasteiger partial charge < -0.3 is 0 Å². The van der Waals surface area contributed by atoms with Crippen molar-refractivity contribution in [1.82, 2.24) is 9.42 Å². The summed E-state index contributed by atoms with van der Waals surface area (Å²) in [5.74, 6) is -0.290. The number of benzene rings is 1. The van der Waals surface area contributed by atoms with Crippen molar-refractivity contribution in [2.45, 2.75) is 23.9 Å². The van der Waals surface area contributed by atoms with Crippen molar-refractivity contribution in [2.24, 2.45) is 5.92 Å². The smallest absolute Gasteiger partial charge is 0.268 e. The molecule has 0 aromatic heterocycles. The van der Waals surface area contributed by atoms with Gasteiger partial charge in [-0.1, -0.05) is 36.5 Å². The number of fused-ring (bicyclic) bond motifs is 1. The second-order valence-electron chi connectivity index (χ2n) is 6.42. The lowest BCUT2D eigenvalue weighted by molar-refractivity contribution is -0.396. The summed E-state index contributed by atoms with van der Waals surface area (Å²) >= 11 is 0.974. The molecule has 0 bridgehead atoms. The Morgan fingerprint density at radius 3 is 2.59 bits per heavy atom. The number of allylic oxidation sites excluding steroid dienone is 2. The van der Waals surface area contributed by atoms with Crippen molar-refractivity contribution in [1.29, 1.82) is 0 Å². The maximum absolute atomic E-state index is 12.7. The summed E-state index contributed by atoms with van der Waals surface area (Å²) in [4.78, 5) is 34.1. The van der Waals surface area contributed by atoms with Crippen molar-refractivity contribution in [3.05, 3.63) is 87.5 Å². The first-order valence-electron chi connectivity index (χ1n) is 8.72. The number of amides is 1.